The zero-order valence-corrected chi connectivity index (χ0v) is 67.4. The minimum absolute atomic E-state index is 0.535. The molecule has 0 amide bonds. The largest absolute Gasteiger partial charge is 0.384 e. The van der Waals surface area contributed by atoms with E-state index in [0.717, 1.165) is 23.9 Å². The number of fused-ring (bicyclic) bond motifs is 2. The molecule has 526 valence electrons. The summed E-state index contributed by atoms with van der Waals surface area (Å²) in [4.78, 5) is 12.2. The molecular weight excluding hydrogens is 1110 g/mol. The van der Waals surface area contributed by atoms with E-state index in [1.807, 2.05) is 209 Å². The second-order valence-corrected chi connectivity index (χ2v) is 19.4. The summed E-state index contributed by atoms with van der Waals surface area (Å²) in [7, 11) is 0. The summed E-state index contributed by atoms with van der Waals surface area (Å²) in [6.45, 7) is 81.2. The Kier molecular flexibility index (Phi) is 91.9. The van der Waals surface area contributed by atoms with Crippen molar-refractivity contribution in [1.82, 2.24) is 20.3 Å². The fourth-order valence-electron chi connectivity index (χ4n) is 6.93. The number of benzene rings is 4. The van der Waals surface area contributed by atoms with Crippen molar-refractivity contribution in [3.8, 4) is 0 Å². The Morgan fingerprint density at radius 1 is 0.330 bits per heavy atom. The predicted molar refractivity (Wildman–Crippen MR) is 427 cm³/mol. The van der Waals surface area contributed by atoms with Crippen molar-refractivity contribution >= 4 is 22.4 Å². The summed E-state index contributed by atoms with van der Waals surface area (Å²) in [6, 6.07) is 38.3. The lowest BCUT2D eigenvalue weighted by atomic mass is 9.99. The number of aromatic nitrogens is 3. The fraction of sp³-hybridized carbons (Fsp3) is 0.560. The maximum Gasteiger partial charge on any atom is 0.123 e. The molecule has 7 aromatic rings. The lowest BCUT2D eigenvalue weighted by Crippen LogP contribution is -1.99. The van der Waals surface area contributed by atoms with Gasteiger partial charge in [0.25, 0.3) is 0 Å². The van der Waals surface area contributed by atoms with Gasteiger partial charge >= 0.3 is 0 Å². The number of hydrogen-bond donors (Lipinski definition) is 4. The van der Waals surface area contributed by atoms with Crippen LogP contribution in [0.4, 0.5) is 11.6 Å². The molecule has 4 heterocycles. The predicted octanol–water partition coefficient (Wildman–Crippen LogP) is 27.4. The van der Waals surface area contributed by atoms with Crippen LogP contribution in [-0.2, 0) is 19.6 Å². The minimum atomic E-state index is 0.535. The van der Waals surface area contributed by atoms with Gasteiger partial charge in [-0.25, -0.2) is 9.97 Å². The van der Waals surface area contributed by atoms with Gasteiger partial charge in [0.2, 0.25) is 0 Å². The number of nitrogens with two attached hydrogens (primary N) is 3. The van der Waals surface area contributed by atoms with Gasteiger partial charge in [-0.1, -0.05) is 346 Å². The van der Waals surface area contributed by atoms with Crippen LogP contribution < -0.4 is 22.5 Å². The van der Waals surface area contributed by atoms with E-state index < -0.39 is 0 Å². The highest BCUT2D eigenvalue weighted by molar-refractivity contribution is 5.84. The maximum atomic E-state index is 5.61. The number of aryl methyl sites for hydroxylation is 2. The van der Waals surface area contributed by atoms with Crippen LogP contribution in [0.15, 0.2) is 134 Å². The van der Waals surface area contributed by atoms with Crippen molar-refractivity contribution in [2.45, 2.75) is 318 Å². The van der Waals surface area contributed by atoms with Crippen LogP contribution in [0.25, 0.3) is 10.8 Å². The second-order valence-electron chi connectivity index (χ2n) is 19.4. The standard InChI is InChI=1S/C12H14N2.C11H15N.C10H15N.C10H14.C9H13N.C8H12N2.12C2H6/c1-8(2)9-3-4-10-6-12(13)14-7-11(10)5-9;1-8(2)9-3-4-10-6-12-7-11(10)5-9;1-8(2)10-5-3-9(7-11)4-6-10;1-8(2)10-6-4-5-9(3)7-10;1-7(2)9-4-8(3)5-10-6-9;1-6(2)7-3-4-8(9)10-5-7;12*1-2/h3-8H,1-2H3,(H2,13,14);3-5,8,12H,6-7H2,1-2H3;3-6,8H,7,11H2,1-2H3;4-8H,1-3H3;4-7H,1-3H3;3-6H,1-2H3,(H2,9,10);12*1-2H3. The van der Waals surface area contributed by atoms with Crippen LogP contribution in [0.3, 0.4) is 0 Å². The fourth-order valence-corrected chi connectivity index (χ4v) is 6.93. The molecule has 7 heteroatoms. The number of pyridine rings is 3. The average Bonchev–Trinajstić information content (AvgIpc) is 2.76. The van der Waals surface area contributed by atoms with E-state index in [4.69, 9.17) is 17.2 Å². The van der Waals surface area contributed by atoms with Crippen LogP contribution in [-0.4, -0.2) is 15.0 Å². The van der Waals surface area contributed by atoms with Crippen LogP contribution in [0.2, 0.25) is 0 Å². The minimum Gasteiger partial charge on any atom is -0.384 e. The molecule has 7 N–H and O–H groups in total. The molecule has 0 saturated heterocycles. The molecule has 1 aliphatic heterocycles. The summed E-state index contributed by atoms with van der Waals surface area (Å²) in [6.07, 6.45) is 7.46. The van der Waals surface area contributed by atoms with Crippen molar-refractivity contribution in [1.29, 1.82) is 0 Å². The Morgan fingerprint density at radius 2 is 0.714 bits per heavy atom. The van der Waals surface area contributed by atoms with Gasteiger partial charge in [-0.2, -0.15) is 0 Å². The first-order chi connectivity index (χ1) is 43.8. The highest BCUT2D eigenvalue weighted by atomic mass is 14.9. The van der Waals surface area contributed by atoms with E-state index in [2.05, 4.69) is 208 Å². The van der Waals surface area contributed by atoms with Crippen molar-refractivity contribution in [2.24, 2.45) is 5.73 Å². The number of rotatable bonds is 7. The second kappa shape index (κ2) is 78.4. The zero-order valence-electron chi connectivity index (χ0n) is 67.4. The molecule has 3 aromatic heterocycles. The third kappa shape index (κ3) is 55.5. The Morgan fingerprint density at radius 3 is 1.10 bits per heavy atom. The summed E-state index contributed by atoms with van der Waals surface area (Å²) in [5, 5.41) is 5.67. The van der Waals surface area contributed by atoms with Crippen molar-refractivity contribution in [3.05, 3.63) is 195 Å². The van der Waals surface area contributed by atoms with E-state index in [9.17, 15) is 0 Å². The van der Waals surface area contributed by atoms with Gasteiger partial charge in [-0.05, 0) is 129 Å². The first-order valence-corrected chi connectivity index (χ1v) is 36.2. The molecule has 0 bridgehead atoms. The van der Waals surface area contributed by atoms with Gasteiger partial charge in [-0.15, -0.1) is 0 Å². The Hall–Kier alpha value is -5.89. The highest BCUT2D eigenvalue weighted by Gasteiger charge is 2.11. The maximum absolute atomic E-state index is 5.61. The quantitative estimate of drug-likeness (QED) is 0.125. The van der Waals surface area contributed by atoms with Gasteiger partial charge in [0.15, 0.2) is 0 Å². The molecule has 0 saturated carbocycles. The highest BCUT2D eigenvalue weighted by Crippen LogP contribution is 2.23. The van der Waals surface area contributed by atoms with Crippen LogP contribution in [0.5, 0.6) is 0 Å². The number of nitrogens with zero attached hydrogens (tertiary/aromatic N) is 3. The average molecular weight is 1260 g/mol. The lowest BCUT2D eigenvalue weighted by molar-refractivity contribution is 0.764. The molecule has 8 rings (SSSR count). The zero-order chi connectivity index (χ0) is 73.6. The third-order valence-electron chi connectivity index (χ3n) is 11.6. The van der Waals surface area contributed by atoms with E-state index >= 15 is 0 Å². The van der Waals surface area contributed by atoms with Crippen molar-refractivity contribution < 1.29 is 0 Å². The normalized spacial score (nSPS) is 9.20. The first-order valence-electron chi connectivity index (χ1n) is 36.2. The van der Waals surface area contributed by atoms with E-state index in [1.165, 1.54) is 61.2 Å². The van der Waals surface area contributed by atoms with Gasteiger partial charge in [-0.3, -0.25) is 4.98 Å². The molecule has 0 radical (unpaired) electrons. The summed E-state index contributed by atoms with van der Waals surface area (Å²) >= 11 is 0. The third-order valence-corrected chi connectivity index (χ3v) is 11.6. The molecule has 0 unspecified atom stereocenters. The summed E-state index contributed by atoms with van der Waals surface area (Å²) < 4.78 is 0. The van der Waals surface area contributed by atoms with Gasteiger partial charge < -0.3 is 22.5 Å². The number of nitrogens with one attached hydrogen (secondary N) is 1. The van der Waals surface area contributed by atoms with Crippen LogP contribution in [0, 0.1) is 13.8 Å². The Balaban J connectivity index is -0.000000101. The van der Waals surface area contributed by atoms with Crippen molar-refractivity contribution in [3.63, 3.8) is 0 Å². The Bertz CT molecular complexity index is 2440. The van der Waals surface area contributed by atoms with E-state index in [0.29, 0.717) is 53.7 Å². The molecule has 1 aliphatic rings. The van der Waals surface area contributed by atoms with Gasteiger partial charge in [0.05, 0.1) is 0 Å². The van der Waals surface area contributed by atoms with E-state index in [1.54, 1.807) is 0 Å². The molecule has 0 fully saturated rings. The van der Waals surface area contributed by atoms with Crippen LogP contribution >= 0.6 is 0 Å². The topological polar surface area (TPSA) is 129 Å². The Labute approximate surface area is 570 Å². The number of hydrogen-bond acceptors (Lipinski definition) is 7. The molecule has 0 spiro atoms. The molecule has 4 aromatic carbocycles. The number of nitrogen functional groups attached to an aromatic ring is 2. The van der Waals surface area contributed by atoms with Gasteiger partial charge in [0, 0.05) is 49.8 Å². The SMILES string of the molecule is CC.CC.CC.CC.CC.CC.CC.CC.CC.CC.CC.CC.CC(C)c1ccc(CN)cc1.CC(C)c1ccc(N)nc1.CC(C)c1ccc2c(c1)CNC2.CC(C)c1ccc2cc(N)ncc2c1.Cc1cccc(C(C)C)c1.Cc1cncc(C(C)C)c1. The molecular formula is C84H155N7. The van der Waals surface area contributed by atoms with Crippen LogP contribution in [0.1, 0.15) is 346 Å². The summed E-state index contributed by atoms with van der Waals surface area (Å²) in [5.41, 5.74) is 31.4. The molecule has 7 nitrogen and oxygen atoms in total. The molecule has 0 atom stereocenters. The molecule has 0 aliphatic carbocycles. The lowest BCUT2D eigenvalue weighted by Gasteiger charge is -2.06. The first kappa shape index (κ1) is 107. The van der Waals surface area contributed by atoms with Crippen molar-refractivity contribution in [2.75, 3.05) is 11.5 Å². The molecule has 91 heavy (non-hydrogen) atoms. The smallest absolute Gasteiger partial charge is 0.123 e. The number of anilines is 2. The van der Waals surface area contributed by atoms with E-state index in [-0.39, 0.29) is 0 Å². The summed E-state index contributed by atoms with van der Waals surface area (Å²) in [5.74, 6) is 4.76. The monoisotopic (exact) mass is 1260 g/mol. The van der Waals surface area contributed by atoms with Gasteiger partial charge in [0.1, 0.15) is 11.6 Å².